The van der Waals surface area contributed by atoms with E-state index in [1.165, 1.54) is 16.6 Å². The van der Waals surface area contributed by atoms with E-state index in [9.17, 15) is 13.2 Å². The summed E-state index contributed by atoms with van der Waals surface area (Å²) in [6.07, 6.45) is 1.99. The molecule has 0 atom stereocenters. The Morgan fingerprint density at radius 3 is 2.80 bits per heavy atom. The first-order valence-electron chi connectivity index (χ1n) is 7.65. The van der Waals surface area contributed by atoms with Crippen molar-refractivity contribution in [1.29, 1.82) is 0 Å². The smallest absolute Gasteiger partial charge is 0.250 e. The summed E-state index contributed by atoms with van der Waals surface area (Å²) in [4.78, 5) is 15.2. The molecule has 25 heavy (non-hydrogen) atoms. The second-order valence-electron chi connectivity index (χ2n) is 5.68. The molecule has 1 aromatic heterocycles. The van der Waals surface area contributed by atoms with Gasteiger partial charge in [-0.15, -0.1) is 0 Å². The van der Waals surface area contributed by atoms with Crippen molar-refractivity contribution < 1.29 is 13.2 Å². The first-order chi connectivity index (χ1) is 11.9. The number of benzene rings is 1. The molecule has 1 saturated heterocycles. The quantitative estimate of drug-likeness (QED) is 0.825. The van der Waals surface area contributed by atoms with Crippen LogP contribution in [0.15, 0.2) is 36.5 Å². The zero-order chi connectivity index (χ0) is 18.0. The van der Waals surface area contributed by atoms with E-state index in [0.29, 0.717) is 31.0 Å². The molecule has 0 aliphatic carbocycles. The van der Waals surface area contributed by atoms with Gasteiger partial charge in [-0.05, 0) is 30.2 Å². The number of rotatable bonds is 5. The molecule has 132 valence electrons. The summed E-state index contributed by atoms with van der Waals surface area (Å²) in [5, 5.41) is 3.36. The van der Waals surface area contributed by atoms with Crippen LogP contribution in [0, 0.1) is 0 Å². The van der Waals surface area contributed by atoms with Crippen LogP contribution in [0.4, 0.5) is 11.5 Å². The molecule has 1 aliphatic heterocycles. The fourth-order valence-corrected chi connectivity index (χ4v) is 4.43. The maximum absolute atomic E-state index is 12.0. The number of nitrogens with one attached hydrogen (secondary N) is 1. The number of amides is 1. The van der Waals surface area contributed by atoms with Crippen LogP contribution in [0.1, 0.15) is 22.3 Å². The SMILES string of the molecule is NC(=O)c1cnc(NCc2cccc(N3CCCS3(=O)=O)c2)c(Cl)c1. The van der Waals surface area contributed by atoms with Crippen LogP contribution in [0.5, 0.6) is 0 Å². The highest BCUT2D eigenvalue weighted by molar-refractivity contribution is 7.93. The molecular formula is C16H17ClN4O3S. The lowest BCUT2D eigenvalue weighted by Crippen LogP contribution is -2.25. The Hall–Kier alpha value is -2.32. The molecule has 1 amide bonds. The van der Waals surface area contributed by atoms with Gasteiger partial charge in [0.05, 0.1) is 22.0 Å². The Labute approximate surface area is 150 Å². The van der Waals surface area contributed by atoms with Crippen molar-refractivity contribution in [2.24, 2.45) is 5.73 Å². The number of halogens is 1. The van der Waals surface area contributed by atoms with Crippen molar-refractivity contribution in [2.45, 2.75) is 13.0 Å². The van der Waals surface area contributed by atoms with Crippen LogP contribution in [0.25, 0.3) is 0 Å². The third-order valence-corrected chi connectivity index (χ3v) is 6.04. The lowest BCUT2D eigenvalue weighted by atomic mass is 10.2. The highest BCUT2D eigenvalue weighted by Crippen LogP contribution is 2.26. The molecule has 0 radical (unpaired) electrons. The average Bonchev–Trinajstić information content (AvgIpc) is 2.93. The minimum atomic E-state index is -3.21. The van der Waals surface area contributed by atoms with Gasteiger partial charge < -0.3 is 11.1 Å². The molecule has 0 saturated carbocycles. The van der Waals surface area contributed by atoms with Crippen LogP contribution in [0.3, 0.4) is 0 Å². The minimum Gasteiger partial charge on any atom is -0.366 e. The molecule has 1 fully saturated rings. The van der Waals surface area contributed by atoms with Crippen LogP contribution in [-0.4, -0.2) is 31.6 Å². The minimum absolute atomic E-state index is 0.182. The number of hydrogen-bond acceptors (Lipinski definition) is 5. The van der Waals surface area contributed by atoms with Gasteiger partial charge in [-0.1, -0.05) is 23.7 Å². The number of nitrogens with zero attached hydrogens (tertiary/aromatic N) is 2. The van der Waals surface area contributed by atoms with Crippen molar-refractivity contribution in [3.8, 4) is 0 Å². The standard InChI is InChI=1S/C16H17ClN4O3S/c17-14-8-12(15(18)22)10-20-16(14)19-9-11-3-1-4-13(7-11)21-5-2-6-25(21,23)24/h1,3-4,7-8,10H,2,5-6,9H2,(H2,18,22)(H,19,20). The van der Waals surface area contributed by atoms with Gasteiger partial charge in [-0.25, -0.2) is 13.4 Å². The van der Waals surface area contributed by atoms with Crippen molar-refractivity contribution in [2.75, 3.05) is 21.9 Å². The number of sulfonamides is 1. The second kappa shape index (κ2) is 6.89. The summed E-state index contributed by atoms with van der Waals surface area (Å²) in [5.74, 6) is 0.00708. The second-order valence-corrected chi connectivity index (χ2v) is 8.10. The van der Waals surface area contributed by atoms with E-state index < -0.39 is 15.9 Å². The Balaban J connectivity index is 1.74. The summed E-state index contributed by atoms with van der Waals surface area (Å²) >= 11 is 6.09. The number of aromatic nitrogens is 1. The molecule has 0 spiro atoms. The number of hydrogen-bond donors (Lipinski definition) is 2. The topological polar surface area (TPSA) is 105 Å². The van der Waals surface area contributed by atoms with E-state index in [1.54, 1.807) is 6.07 Å². The maximum Gasteiger partial charge on any atom is 0.250 e. The molecule has 1 aliphatic rings. The van der Waals surface area contributed by atoms with Crippen molar-refractivity contribution in [3.05, 3.63) is 52.7 Å². The fraction of sp³-hybridized carbons (Fsp3) is 0.250. The Morgan fingerprint density at radius 2 is 2.16 bits per heavy atom. The molecule has 3 rings (SSSR count). The van der Waals surface area contributed by atoms with Gasteiger partial charge in [0.25, 0.3) is 0 Å². The van der Waals surface area contributed by atoms with Crippen LogP contribution < -0.4 is 15.4 Å². The van der Waals surface area contributed by atoms with Gasteiger partial charge in [0.15, 0.2) is 0 Å². The van der Waals surface area contributed by atoms with E-state index in [1.807, 2.05) is 18.2 Å². The highest BCUT2D eigenvalue weighted by Gasteiger charge is 2.28. The number of carbonyl (C=O) groups is 1. The monoisotopic (exact) mass is 380 g/mol. The Bertz CT molecular complexity index is 917. The average molecular weight is 381 g/mol. The molecule has 9 heteroatoms. The first-order valence-corrected chi connectivity index (χ1v) is 9.64. The molecule has 0 bridgehead atoms. The van der Waals surface area contributed by atoms with Gasteiger partial charge in [0, 0.05) is 19.3 Å². The summed E-state index contributed by atoms with van der Waals surface area (Å²) in [6.45, 7) is 0.908. The van der Waals surface area contributed by atoms with Crippen LogP contribution in [-0.2, 0) is 16.6 Å². The Kier molecular flexibility index (Phi) is 4.82. The molecule has 1 aromatic carbocycles. The highest BCUT2D eigenvalue weighted by atomic mass is 35.5. The molecular weight excluding hydrogens is 364 g/mol. The first kappa shape index (κ1) is 17.5. The third-order valence-electron chi connectivity index (χ3n) is 3.88. The molecule has 0 unspecified atom stereocenters. The summed E-state index contributed by atoms with van der Waals surface area (Å²) in [7, 11) is -3.21. The number of anilines is 2. The Morgan fingerprint density at radius 1 is 1.36 bits per heavy atom. The van der Waals surface area contributed by atoms with Crippen molar-refractivity contribution in [3.63, 3.8) is 0 Å². The molecule has 7 nitrogen and oxygen atoms in total. The summed E-state index contributed by atoms with van der Waals surface area (Å²) in [5.41, 5.74) is 6.96. The number of primary amides is 1. The lowest BCUT2D eigenvalue weighted by Gasteiger charge is -2.18. The molecule has 2 heterocycles. The predicted octanol–water partition coefficient (Wildman–Crippen LogP) is 1.99. The molecule has 2 aromatic rings. The normalized spacial score (nSPS) is 16.0. The number of pyridine rings is 1. The number of nitrogens with two attached hydrogens (primary N) is 1. The third kappa shape index (κ3) is 3.85. The van der Waals surface area contributed by atoms with Gasteiger partial charge in [-0.2, -0.15) is 0 Å². The summed E-state index contributed by atoms with van der Waals surface area (Å²) < 4.78 is 25.5. The zero-order valence-electron chi connectivity index (χ0n) is 13.3. The van der Waals surface area contributed by atoms with Gasteiger partial charge >= 0.3 is 0 Å². The van der Waals surface area contributed by atoms with Gasteiger partial charge in [0.1, 0.15) is 5.82 Å². The van der Waals surface area contributed by atoms with E-state index >= 15 is 0 Å². The van der Waals surface area contributed by atoms with Gasteiger partial charge in [0.2, 0.25) is 15.9 Å². The van der Waals surface area contributed by atoms with Crippen LogP contribution in [0.2, 0.25) is 5.02 Å². The van der Waals surface area contributed by atoms with Gasteiger partial charge in [-0.3, -0.25) is 9.10 Å². The van der Waals surface area contributed by atoms with Crippen LogP contribution >= 0.6 is 11.6 Å². The summed E-state index contributed by atoms with van der Waals surface area (Å²) in [6, 6.07) is 8.74. The molecule has 3 N–H and O–H groups in total. The van der Waals surface area contributed by atoms with Crippen molar-refractivity contribution >= 4 is 39.0 Å². The largest absolute Gasteiger partial charge is 0.366 e. The lowest BCUT2D eigenvalue weighted by molar-refractivity contribution is 0.1000. The predicted molar refractivity (Wildman–Crippen MR) is 97.3 cm³/mol. The number of carbonyl (C=O) groups excluding carboxylic acids is 1. The van der Waals surface area contributed by atoms with E-state index in [4.69, 9.17) is 17.3 Å². The zero-order valence-corrected chi connectivity index (χ0v) is 14.8. The van der Waals surface area contributed by atoms with E-state index in [2.05, 4.69) is 10.3 Å². The fourth-order valence-electron chi connectivity index (χ4n) is 2.64. The maximum atomic E-state index is 12.0. The van der Waals surface area contributed by atoms with E-state index in [0.717, 1.165) is 5.56 Å². The van der Waals surface area contributed by atoms with E-state index in [-0.39, 0.29) is 16.3 Å². The van der Waals surface area contributed by atoms with Crippen molar-refractivity contribution in [1.82, 2.24) is 4.98 Å².